The number of hydrogen-bond donors (Lipinski definition) is 2. The van der Waals surface area contributed by atoms with Gasteiger partial charge in [-0.05, 0) is 18.9 Å². The monoisotopic (exact) mass is 287 g/mol. The lowest BCUT2D eigenvalue weighted by atomic mass is 10.1. The summed E-state index contributed by atoms with van der Waals surface area (Å²) in [5.74, 6) is 0.336. The van der Waals surface area contributed by atoms with Crippen molar-refractivity contribution in [1.29, 1.82) is 0 Å². The molecular formula is C15H17N3OS. The molecule has 1 aromatic heterocycles. The zero-order valence-electron chi connectivity index (χ0n) is 11.2. The Bertz CT molecular complexity index is 609. The molecule has 20 heavy (non-hydrogen) atoms. The molecule has 1 heterocycles. The van der Waals surface area contributed by atoms with Crippen LogP contribution in [0.15, 0.2) is 35.7 Å². The minimum absolute atomic E-state index is 0.100. The molecular weight excluding hydrogens is 270 g/mol. The van der Waals surface area contributed by atoms with Gasteiger partial charge in [-0.2, -0.15) is 0 Å². The van der Waals surface area contributed by atoms with Crippen molar-refractivity contribution in [3.05, 3.63) is 52.0 Å². The van der Waals surface area contributed by atoms with E-state index in [4.69, 9.17) is 5.73 Å². The number of thiazole rings is 1. The molecule has 1 aliphatic rings. The van der Waals surface area contributed by atoms with E-state index in [-0.39, 0.29) is 18.0 Å². The summed E-state index contributed by atoms with van der Waals surface area (Å²) in [7, 11) is 0. The van der Waals surface area contributed by atoms with Crippen LogP contribution in [0.3, 0.4) is 0 Å². The molecule has 0 saturated heterocycles. The van der Waals surface area contributed by atoms with Gasteiger partial charge in [0.2, 0.25) is 0 Å². The summed E-state index contributed by atoms with van der Waals surface area (Å²) < 4.78 is 0. The lowest BCUT2D eigenvalue weighted by Gasteiger charge is -2.03. The smallest absolute Gasteiger partial charge is 0.270 e. The van der Waals surface area contributed by atoms with Gasteiger partial charge in [-0.3, -0.25) is 4.79 Å². The van der Waals surface area contributed by atoms with E-state index in [1.807, 2.05) is 25.1 Å². The minimum atomic E-state index is -0.125. The van der Waals surface area contributed by atoms with Crippen molar-refractivity contribution in [3.63, 3.8) is 0 Å². The minimum Gasteiger partial charge on any atom is -0.347 e. The Morgan fingerprint density at radius 1 is 1.45 bits per heavy atom. The number of rotatable bonds is 4. The zero-order chi connectivity index (χ0) is 14.1. The zero-order valence-corrected chi connectivity index (χ0v) is 12.1. The predicted molar refractivity (Wildman–Crippen MR) is 79.8 cm³/mol. The number of benzene rings is 1. The quantitative estimate of drug-likeness (QED) is 0.907. The molecule has 1 saturated carbocycles. The normalized spacial score (nSPS) is 22.3. The Balaban J connectivity index is 1.60. The summed E-state index contributed by atoms with van der Waals surface area (Å²) in [6, 6.07) is 10.4. The fourth-order valence-corrected chi connectivity index (χ4v) is 3.02. The number of carbonyl (C=O) groups excluding carboxylic acids is 1. The first-order valence-electron chi connectivity index (χ1n) is 6.72. The van der Waals surface area contributed by atoms with E-state index in [9.17, 15) is 4.79 Å². The lowest BCUT2D eigenvalue weighted by molar-refractivity contribution is 0.0946. The highest BCUT2D eigenvalue weighted by molar-refractivity contribution is 7.09. The molecule has 5 heteroatoms. The fraction of sp³-hybridized carbons (Fsp3) is 0.333. The van der Waals surface area contributed by atoms with Gasteiger partial charge in [0.1, 0.15) is 10.7 Å². The fourth-order valence-electron chi connectivity index (χ4n) is 2.27. The summed E-state index contributed by atoms with van der Waals surface area (Å²) in [4.78, 5) is 16.4. The van der Waals surface area contributed by atoms with Crippen molar-refractivity contribution in [2.75, 3.05) is 0 Å². The number of nitrogens with one attached hydrogen (secondary N) is 1. The van der Waals surface area contributed by atoms with Crippen LogP contribution in [0.4, 0.5) is 0 Å². The molecule has 1 amide bonds. The SMILES string of the molecule is CC(N)c1nc(C(=O)NC2CC2c2ccccc2)cs1. The highest BCUT2D eigenvalue weighted by Crippen LogP contribution is 2.40. The lowest BCUT2D eigenvalue weighted by Crippen LogP contribution is -2.27. The molecule has 3 unspecified atom stereocenters. The molecule has 4 nitrogen and oxygen atoms in total. The molecule has 3 atom stereocenters. The topological polar surface area (TPSA) is 68.0 Å². The highest BCUT2D eigenvalue weighted by Gasteiger charge is 2.39. The second kappa shape index (κ2) is 5.34. The van der Waals surface area contributed by atoms with Crippen molar-refractivity contribution >= 4 is 17.2 Å². The Hall–Kier alpha value is -1.72. The summed E-state index contributed by atoms with van der Waals surface area (Å²) in [6.45, 7) is 1.87. The number of aromatic nitrogens is 1. The van der Waals surface area contributed by atoms with E-state index in [0.29, 0.717) is 11.6 Å². The van der Waals surface area contributed by atoms with Crippen LogP contribution in [0.1, 0.15) is 46.4 Å². The molecule has 0 spiro atoms. The van der Waals surface area contributed by atoms with Crippen molar-refractivity contribution in [1.82, 2.24) is 10.3 Å². The average Bonchev–Trinajstić information content (AvgIpc) is 3.02. The third-order valence-corrected chi connectivity index (χ3v) is 4.52. The van der Waals surface area contributed by atoms with Gasteiger partial charge >= 0.3 is 0 Å². The van der Waals surface area contributed by atoms with Crippen LogP contribution in [0.5, 0.6) is 0 Å². The van der Waals surface area contributed by atoms with Crippen molar-refractivity contribution in [2.45, 2.75) is 31.3 Å². The predicted octanol–water partition coefficient (Wildman–Crippen LogP) is 2.45. The van der Waals surface area contributed by atoms with Gasteiger partial charge in [0, 0.05) is 17.3 Å². The molecule has 3 rings (SSSR count). The van der Waals surface area contributed by atoms with Gasteiger partial charge in [0.15, 0.2) is 0 Å². The van der Waals surface area contributed by atoms with E-state index in [1.54, 1.807) is 5.38 Å². The van der Waals surface area contributed by atoms with E-state index in [2.05, 4.69) is 22.4 Å². The largest absolute Gasteiger partial charge is 0.347 e. The Morgan fingerprint density at radius 3 is 2.85 bits per heavy atom. The summed E-state index contributed by atoms with van der Waals surface area (Å²) in [6.07, 6.45) is 1.00. The maximum atomic E-state index is 12.1. The van der Waals surface area contributed by atoms with Crippen LogP contribution < -0.4 is 11.1 Å². The third-order valence-electron chi connectivity index (χ3n) is 3.48. The first-order chi connectivity index (χ1) is 9.65. The number of amides is 1. The van der Waals surface area contributed by atoms with Gasteiger partial charge in [0.05, 0.1) is 6.04 Å². The number of nitrogens with zero attached hydrogens (tertiary/aromatic N) is 1. The second-order valence-corrected chi connectivity index (χ2v) is 6.08. The Kier molecular flexibility index (Phi) is 3.54. The van der Waals surface area contributed by atoms with Gasteiger partial charge in [-0.1, -0.05) is 30.3 Å². The van der Waals surface area contributed by atoms with Gasteiger partial charge in [0.25, 0.3) is 5.91 Å². The average molecular weight is 287 g/mol. The van der Waals surface area contributed by atoms with E-state index < -0.39 is 0 Å². The third kappa shape index (κ3) is 2.73. The summed E-state index contributed by atoms with van der Waals surface area (Å²) in [5, 5.41) is 5.60. The van der Waals surface area contributed by atoms with Crippen molar-refractivity contribution in [3.8, 4) is 0 Å². The van der Waals surface area contributed by atoms with Crippen LogP contribution in [0.25, 0.3) is 0 Å². The Labute approximate surface area is 122 Å². The highest BCUT2D eigenvalue weighted by atomic mass is 32.1. The van der Waals surface area contributed by atoms with Crippen LogP contribution in [-0.4, -0.2) is 16.9 Å². The molecule has 0 bridgehead atoms. The van der Waals surface area contributed by atoms with Gasteiger partial charge in [-0.15, -0.1) is 11.3 Å². The first kappa shape index (κ1) is 13.3. The van der Waals surface area contributed by atoms with Gasteiger partial charge < -0.3 is 11.1 Å². The van der Waals surface area contributed by atoms with Crippen molar-refractivity contribution in [2.24, 2.45) is 5.73 Å². The van der Waals surface area contributed by atoms with Crippen molar-refractivity contribution < 1.29 is 4.79 Å². The molecule has 0 aliphatic heterocycles. The maximum absolute atomic E-state index is 12.1. The second-order valence-electron chi connectivity index (χ2n) is 5.19. The molecule has 1 aliphatic carbocycles. The van der Waals surface area contributed by atoms with E-state index >= 15 is 0 Å². The Morgan fingerprint density at radius 2 is 2.20 bits per heavy atom. The molecule has 3 N–H and O–H groups in total. The molecule has 2 aromatic rings. The number of carbonyl (C=O) groups is 1. The van der Waals surface area contributed by atoms with Crippen LogP contribution >= 0.6 is 11.3 Å². The summed E-state index contributed by atoms with van der Waals surface area (Å²) >= 11 is 1.43. The summed E-state index contributed by atoms with van der Waals surface area (Å²) in [5.41, 5.74) is 7.51. The number of nitrogens with two attached hydrogens (primary N) is 1. The van der Waals surface area contributed by atoms with E-state index in [1.165, 1.54) is 16.9 Å². The van der Waals surface area contributed by atoms with Gasteiger partial charge in [-0.25, -0.2) is 4.98 Å². The first-order valence-corrected chi connectivity index (χ1v) is 7.60. The number of hydrogen-bond acceptors (Lipinski definition) is 4. The van der Waals surface area contributed by atoms with Crippen LogP contribution in [0, 0.1) is 0 Å². The standard InChI is InChI=1S/C15H17N3OS/c1-9(16)15-18-13(8-20-15)14(19)17-12-7-11(12)10-5-3-2-4-6-10/h2-6,8-9,11-12H,7,16H2,1H3,(H,17,19). The molecule has 0 radical (unpaired) electrons. The molecule has 1 fully saturated rings. The van der Waals surface area contributed by atoms with Crippen LogP contribution in [-0.2, 0) is 0 Å². The maximum Gasteiger partial charge on any atom is 0.270 e. The van der Waals surface area contributed by atoms with E-state index in [0.717, 1.165) is 11.4 Å². The molecule has 1 aromatic carbocycles. The van der Waals surface area contributed by atoms with Crippen LogP contribution in [0.2, 0.25) is 0 Å². The molecule has 104 valence electrons.